The van der Waals surface area contributed by atoms with E-state index in [2.05, 4.69) is 17.0 Å². The molecule has 4 heteroatoms. The average Bonchev–Trinajstić information content (AvgIpc) is 2.12. The molecule has 0 spiro atoms. The van der Waals surface area contributed by atoms with Crippen molar-refractivity contribution in [2.75, 3.05) is 0 Å². The van der Waals surface area contributed by atoms with Crippen molar-refractivity contribution in [2.24, 2.45) is 0 Å². The van der Waals surface area contributed by atoms with E-state index in [4.69, 9.17) is 0 Å². The van der Waals surface area contributed by atoms with Gasteiger partial charge in [-0.25, -0.2) is 4.37 Å². The molecular formula is C4H2NOS2. The number of aromatic nitrogens is 1. The highest BCUT2D eigenvalue weighted by atomic mass is 32.1. The molecule has 0 saturated carbocycles. The molecule has 41 valence electrons. The fourth-order valence-corrected chi connectivity index (χ4v) is 1.01. The second-order valence-electron chi connectivity index (χ2n) is 1.20. The van der Waals surface area contributed by atoms with Crippen molar-refractivity contribution in [3.63, 3.8) is 0 Å². The van der Waals surface area contributed by atoms with Gasteiger partial charge >= 0.3 is 0 Å². The Morgan fingerprint density at radius 2 is 2.62 bits per heavy atom. The van der Waals surface area contributed by atoms with Crippen LogP contribution < -0.4 is 0 Å². The Morgan fingerprint density at radius 3 is 2.88 bits per heavy atom. The van der Waals surface area contributed by atoms with Gasteiger partial charge in [0, 0.05) is 5.38 Å². The number of carbonyl (C=O) groups excluding carboxylic acids is 1. The second-order valence-corrected chi connectivity index (χ2v) is 2.23. The third kappa shape index (κ3) is 1.02. The minimum atomic E-state index is -0.334. The lowest BCUT2D eigenvalue weighted by Crippen LogP contribution is -1.81. The van der Waals surface area contributed by atoms with Crippen molar-refractivity contribution < 1.29 is 4.79 Å². The predicted octanol–water partition coefficient (Wildman–Crippen LogP) is 1.48. The molecule has 0 fully saturated rings. The molecular weight excluding hydrogens is 142 g/mol. The largest absolute Gasteiger partial charge is 0.276 e. The van der Waals surface area contributed by atoms with E-state index in [-0.39, 0.29) is 5.12 Å². The first-order chi connectivity index (χ1) is 3.80. The van der Waals surface area contributed by atoms with Crippen molar-refractivity contribution in [3.8, 4) is 0 Å². The zero-order chi connectivity index (χ0) is 5.98. The summed E-state index contributed by atoms with van der Waals surface area (Å²) in [5.74, 6) is 0. The van der Waals surface area contributed by atoms with E-state index in [0.717, 1.165) is 0 Å². The lowest BCUT2D eigenvalue weighted by Gasteiger charge is -1.75. The molecule has 0 saturated heterocycles. The molecule has 0 amide bonds. The maximum absolute atomic E-state index is 10.3. The topological polar surface area (TPSA) is 30.0 Å². The Balaban J connectivity index is 2.93. The van der Waals surface area contributed by atoms with Crippen LogP contribution in [0, 0.1) is 0 Å². The van der Waals surface area contributed by atoms with Crippen molar-refractivity contribution in [2.45, 2.75) is 0 Å². The van der Waals surface area contributed by atoms with Gasteiger partial charge in [0.2, 0.25) is 0 Å². The van der Waals surface area contributed by atoms with Crippen LogP contribution in [0.4, 0.5) is 0 Å². The van der Waals surface area contributed by atoms with Crippen LogP contribution in [0.2, 0.25) is 0 Å². The van der Waals surface area contributed by atoms with Crippen LogP contribution in [0.25, 0.3) is 0 Å². The summed E-state index contributed by atoms with van der Waals surface area (Å²) in [6, 6.07) is 0. The van der Waals surface area contributed by atoms with Crippen molar-refractivity contribution in [3.05, 3.63) is 17.1 Å². The molecule has 0 aliphatic heterocycles. The standard InChI is InChI=1S/C4H2NOS2/c6-4(7)3-1-5-8-2-3/h1-2H. The van der Waals surface area contributed by atoms with Gasteiger partial charge in [0.25, 0.3) is 5.12 Å². The SMILES string of the molecule is O=C([S])c1cnsc1. The van der Waals surface area contributed by atoms with Crippen LogP contribution in [-0.2, 0) is 0 Å². The quantitative estimate of drug-likeness (QED) is 0.597. The zero-order valence-corrected chi connectivity index (χ0v) is 5.46. The molecule has 8 heavy (non-hydrogen) atoms. The van der Waals surface area contributed by atoms with Crippen molar-refractivity contribution in [1.82, 2.24) is 4.37 Å². The summed E-state index contributed by atoms with van der Waals surface area (Å²) >= 11 is 5.56. The second kappa shape index (κ2) is 2.19. The fraction of sp³-hybridized carbons (Fsp3) is 0. The molecule has 0 aliphatic rings. The number of nitrogens with zero attached hydrogens (tertiary/aromatic N) is 1. The Morgan fingerprint density at radius 1 is 1.88 bits per heavy atom. The van der Waals surface area contributed by atoms with Crippen molar-refractivity contribution in [1.29, 1.82) is 0 Å². The Labute approximate surface area is 56.1 Å². The summed E-state index contributed by atoms with van der Waals surface area (Å²) in [5, 5.41) is 1.30. The third-order valence-corrected chi connectivity index (χ3v) is 1.49. The van der Waals surface area contributed by atoms with Crippen LogP contribution in [0.5, 0.6) is 0 Å². The van der Waals surface area contributed by atoms with Gasteiger partial charge in [-0.2, -0.15) is 0 Å². The third-order valence-electron chi connectivity index (χ3n) is 0.668. The molecule has 0 unspecified atom stereocenters. The summed E-state index contributed by atoms with van der Waals surface area (Å²) < 4.78 is 3.70. The predicted molar refractivity (Wildman–Crippen MR) is 34.0 cm³/mol. The van der Waals surface area contributed by atoms with Gasteiger partial charge in [0.1, 0.15) is 0 Å². The minimum absolute atomic E-state index is 0.334. The molecule has 1 heterocycles. The van der Waals surface area contributed by atoms with Gasteiger partial charge in [-0.1, -0.05) is 0 Å². The van der Waals surface area contributed by atoms with Crippen LogP contribution in [-0.4, -0.2) is 9.49 Å². The zero-order valence-electron chi connectivity index (χ0n) is 3.83. The van der Waals surface area contributed by atoms with Crippen LogP contribution in [0.15, 0.2) is 11.6 Å². The highest BCUT2D eigenvalue weighted by Crippen LogP contribution is 2.03. The molecule has 0 aliphatic carbocycles. The van der Waals surface area contributed by atoms with Gasteiger partial charge in [-0.05, 0) is 24.2 Å². The molecule has 0 N–H and O–H groups in total. The highest BCUT2D eigenvalue weighted by Gasteiger charge is 1.99. The van der Waals surface area contributed by atoms with Crippen molar-refractivity contribution >= 4 is 29.3 Å². The van der Waals surface area contributed by atoms with Gasteiger partial charge in [-0.15, -0.1) is 0 Å². The number of hydrogen-bond donors (Lipinski definition) is 0. The summed E-state index contributed by atoms with van der Waals surface area (Å²) in [4.78, 5) is 10.3. The maximum Gasteiger partial charge on any atom is 0.251 e. The van der Waals surface area contributed by atoms with E-state index in [1.807, 2.05) is 0 Å². The summed E-state index contributed by atoms with van der Waals surface area (Å²) in [7, 11) is 0. The van der Waals surface area contributed by atoms with E-state index < -0.39 is 0 Å². The van der Waals surface area contributed by atoms with E-state index in [9.17, 15) is 4.79 Å². The normalized spacial score (nSPS) is 9.00. The maximum atomic E-state index is 10.3. The first-order valence-electron chi connectivity index (χ1n) is 1.91. The molecule has 2 nitrogen and oxygen atoms in total. The van der Waals surface area contributed by atoms with Gasteiger partial charge in [0.15, 0.2) is 0 Å². The Hall–Kier alpha value is -0.480. The van der Waals surface area contributed by atoms with E-state index in [1.54, 1.807) is 5.38 Å². The molecule has 1 radical (unpaired) electrons. The van der Waals surface area contributed by atoms with Crippen LogP contribution >= 0.6 is 24.2 Å². The van der Waals surface area contributed by atoms with Gasteiger partial charge in [-0.3, -0.25) is 4.79 Å². The van der Waals surface area contributed by atoms with E-state index >= 15 is 0 Å². The number of rotatable bonds is 1. The van der Waals surface area contributed by atoms with Crippen LogP contribution in [0.1, 0.15) is 10.4 Å². The van der Waals surface area contributed by atoms with Gasteiger partial charge < -0.3 is 0 Å². The number of hydrogen-bond acceptors (Lipinski definition) is 3. The minimum Gasteiger partial charge on any atom is -0.276 e. The van der Waals surface area contributed by atoms with Crippen LogP contribution in [0.3, 0.4) is 0 Å². The molecule has 0 aromatic carbocycles. The van der Waals surface area contributed by atoms with E-state index in [0.29, 0.717) is 5.56 Å². The summed E-state index contributed by atoms with van der Waals surface area (Å²) in [6.07, 6.45) is 1.47. The Kier molecular flexibility index (Phi) is 1.55. The lowest BCUT2D eigenvalue weighted by atomic mass is 10.4. The monoisotopic (exact) mass is 144 g/mol. The molecule has 1 aromatic heterocycles. The fourth-order valence-electron chi connectivity index (χ4n) is 0.306. The summed E-state index contributed by atoms with van der Waals surface area (Å²) in [5.41, 5.74) is 0.519. The summed E-state index contributed by atoms with van der Waals surface area (Å²) in [6.45, 7) is 0. The molecule has 0 atom stereocenters. The average molecular weight is 144 g/mol. The smallest absolute Gasteiger partial charge is 0.251 e. The Bertz CT molecular complexity index is 182. The first-order valence-corrected chi connectivity index (χ1v) is 3.16. The van der Waals surface area contributed by atoms with Gasteiger partial charge in [0.05, 0.1) is 11.8 Å². The number of carbonyl (C=O) groups is 1. The molecule has 1 rings (SSSR count). The molecule has 0 bridgehead atoms. The van der Waals surface area contributed by atoms with E-state index in [1.165, 1.54) is 17.7 Å². The first kappa shape index (κ1) is 5.65. The molecule has 1 aromatic rings. The highest BCUT2D eigenvalue weighted by molar-refractivity contribution is 7.97. The lowest BCUT2D eigenvalue weighted by molar-refractivity contribution is 0.109.